The number of amides is 1. The average molecular weight is 470 g/mol. The van der Waals surface area contributed by atoms with Crippen molar-refractivity contribution in [1.29, 1.82) is 0 Å². The minimum absolute atomic E-state index is 0. The highest BCUT2D eigenvalue weighted by molar-refractivity contribution is 14.0. The maximum atomic E-state index is 11.1. The number of halogens is 1. The zero-order valence-corrected chi connectivity index (χ0v) is 18.2. The zero-order chi connectivity index (χ0) is 17.6. The lowest BCUT2D eigenvalue weighted by molar-refractivity contribution is -0.114. The van der Waals surface area contributed by atoms with Crippen LogP contribution in [0.5, 0.6) is 0 Å². The zero-order valence-electron chi connectivity index (χ0n) is 15.8. The van der Waals surface area contributed by atoms with Crippen molar-refractivity contribution in [2.24, 2.45) is 16.8 Å². The van der Waals surface area contributed by atoms with E-state index in [2.05, 4.69) is 32.7 Å². The largest absolute Gasteiger partial charge is 0.356 e. The van der Waals surface area contributed by atoms with Crippen LogP contribution >= 0.6 is 24.0 Å². The van der Waals surface area contributed by atoms with Gasteiger partial charge in [-0.15, -0.1) is 24.0 Å². The molecule has 1 aliphatic heterocycles. The summed E-state index contributed by atoms with van der Waals surface area (Å²) in [6, 6.07) is 8.05. The molecule has 0 bridgehead atoms. The molecule has 1 aromatic carbocycles. The van der Waals surface area contributed by atoms with Crippen molar-refractivity contribution in [3.8, 4) is 0 Å². The molecule has 1 amide bonds. The van der Waals surface area contributed by atoms with E-state index >= 15 is 0 Å². The van der Waals surface area contributed by atoms with Crippen LogP contribution in [0.15, 0.2) is 29.3 Å². The number of nitrogens with zero attached hydrogens (tertiary/aromatic N) is 2. The number of guanidine groups is 1. The maximum absolute atomic E-state index is 11.1. The Hall–Kier alpha value is -1.31. The van der Waals surface area contributed by atoms with Gasteiger partial charge in [0, 0.05) is 39.3 Å². The van der Waals surface area contributed by atoms with Gasteiger partial charge in [0.25, 0.3) is 0 Å². The molecule has 1 aliphatic carbocycles. The number of aliphatic imine (C=N–C) groups is 1. The molecule has 0 spiro atoms. The van der Waals surface area contributed by atoms with Crippen LogP contribution in [0.4, 0.5) is 5.69 Å². The lowest BCUT2D eigenvalue weighted by atomic mass is 9.82. The third-order valence-electron chi connectivity index (χ3n) is 5.46. The molecule has 1 saturated carbocycles. The Morgan fingerprint density at radius 3 is 2.31 bits per heavy atom. The fraction of sp³-hybridized carbons (Fsp3) is 0.600. The molecule has 1 heterocycles. The molecule has 1 saturated heterocycles. The summed E-state index contributed by atoms with van der Waals surface area (Å²) in [7, 11) is 1.88. The third-order valence-corrected chi connectivity index (χ3v) is 5.46. The number of hydrogen-bond donors (Lipinski definition) is 2. The van der Waals surface area contributed by atoms with E-state index in [0.717, 1.165) is 49.5 Å². The summed E-state index contributed by atoms with van der Waals surface area (Å²) in [6.07, 6.45) is 6.52. The SMILES string of the molecule is CN=C(NCCc1ccc(NC(C)=O)cc1)N1CC2CCCCC2C1.I. The summed E-state index contributed by atoms with van der Waals surface area (Å²) in [6.45, 7) is 4.72. The number of nitrogens with one attached hydrogen (secondary N) is 2. The van der Waals surface area contributed by atoms with Crippen LogP contribution in [0, 0.1) is 11.8 Å². The van der Waals surface area contributed by atoms with E-state index in [-0.39, 0.29) is 29.9 Å². The number of rotatable bonds is 4. The second kappa shape index (κ2) is 10.1. The Morgan fingerprint density at radius 1 is 1.15 bits per heavy atom. The molecule has 2 fully saturated rings. The molecular formula is C20H31IN4O. The quantitative estimate of drug-likeness (QED) is 0.403. The van der Waals surface area contributed by atoms with Gasteiger partial charge in [-0.3, -0.25) is 9.79 Å². The van der Waals surface area contributed by atoms with Gasteiger partial charge >= 0.3 is 0 Å². The van der Waals surface area contributed by atoms with Gasteiger partial charge in [-0.05, 0) is 48.8 Å². The monoisotopic (exact) mass is 470 g/mol. The van der Waals surface area contributed by atoms with E-state index in [1.54, 1.807) is 0 Å². The fourth-order valence-corrected chi connectivity index (χ4v) is 4.19. The molecule has 1 aromatic rings. The van der Waals surface area contributed by atoms with E-state index in [1.165, 1.54) is 38.2 Å². The fourth-order valence-electron chi connectivity index (χ4n) is 4.19. The van der Waals surface area contributed by atoms with E-state index in [1.807, 2.05) is 19.2 Å². The summed E-state index contributed by atoms with van der Waals surface area (Å²) in [5, 5.41) is 6.32. The highest BCUT2D eigenvalue weighted by atomic mass is 127. The maximum Gasteiger partial charge on any atom is 0.221 e. The van der Waals surface area contributed by atoms with Gasteiger partial charge in [-0.1, -0.05) is 25.0 Å². The van der Waals surface area contributed by atoms with E-state index in [0.29, 0.717) is 0 Å². The molecule has 144 valence electrons. The molecule has 0 aromatic heterocycles. The van der Waals surface area contributed by atoms with Crippen molar-refractivity contribution >= 4 is 41.5 Å². The smallest absolute Gasteiger partial charge is 0.221 e. The lowest BCUT2D eigenvalue weighted by Gasteiger charge is -2.22. The molecule has 0 radical (unpaired) electrons. The number of likely N-dealkylation sites (tertiary alicyclic amines) is 1. The van der Waals surface area contributed by atoms with E-state index in [4.69, 9.17) is 0 Å². The van der Waals surface area contributed by atoms with Crippen molar-refractivity contribution in [1.82, 2.24) is 10.2 Å². The molecule has 2 unspecified atom stereocenters. The van der Waals surface area contributed by atoms with Crippen LogP contribution in [-0.2, 0) is 11.2 Å². The van der Waals surface area contributed by atoms with E-state index < -0.39 is 0 Å². The number of benzene rings is 1. The first-order valence-electron chi connectivity index (χ1n) is 9.48. The van der Waals surface area contributed by atoms with Crippen LogP contribution in [0.2, 0.25) is 0 Å². The van der Waals surface area contributed by atoms with Crippen molar-refractivity contribution in [3.05, 3.63) is 29.8 Å². The summed E-state index contributed by atoms with van der Waals surface area (Å²) in [5.41, 5.74) is 2.10. The Bertz CT molecular complexity index is 603. The number of hydrogen-bond acceptors (Lipinski definition) is 2. The molecular weight excluding hydrogens is 439 g/mol. The van der Waals surface area contributed by atoms with Crippen LogP contribution in [0.1, 0.15) is 38.2 Å². The van der Waals surface area contributed by atoms with Gasteiger partial charge in [-0.2, -0.15) is 0 Å². The second-order valence-electron chi connectivity index (χ2n) is 7.31. The summed E-state index contributed by atoms with van der Waals surface area (Å²) in [5.74, 6) is 2.75. The van der Waals surface area contributed by atoms with Gasteiger partial charge in [0.05, 0.1) is 0 Å². The molecule has 26 heavy (non-hydrogen) atoms. The third kappa shape index (κ3) is 5.59. The number of carbonyl (C=O) groups excluding carboxylic acids is 1. The first-order chi connectivity index (χ1) is 12.2. The summed E-state index contributed by atoms with van der Waals surface area (Å²) >= 11 is 0. The van der Waals surface area contributed by atoms with E-state index in [9.17, 15) is 4.79 Å². The predicted octanol–water partition coefficient (Wildman–Crippen LogP) is 3.50. The van der Waals surface area contributed by atoms with Crippen molar-refractivity contribution in [2.45, 2.75) is 39.0 Å². The summed E-state index contributed by atoms with van der Waals surface area (Å²) < 4.78 is 0. The van der Waals surface area contributed by atoms with Gasteiger partial charge in [-0.25, -0.2) is 0 Å². The second-order valence-corrected chi connectivity index (χ2v) is 7.31. The molecule has 2 aliphatic rings. The molecule has 3 rings (SSSR count). The molecule has 2 atom stereocenters. The first kappa shape index (κ1) is 21.0. The van der Waals surface area contributed by atoms with Gasteiger partial charge in [0.1, 0.15) is 0 Å². The standard InChI is InChI=1S/C20H30N4O.HI/c1-15(25)23-19-9-7-16(8-10-19)11-12-22-20(21-2)24-13-17-5-3-4-6-18(17)14-24;/h7-10,17-18H,3-6,11-14H2,1-2H3,(H,21,22)(H,23,25);1H. The molecule has 2 N–H and O–H groups in total. The Labute approximate surface area is 174 Å². The van der Waals surface area contributed by atoms with Crippen molar-refractivity contribution < 1.29 is 4.79 Å². The van der Waals surface area contributed by atoms with Crippen molar-refractivity contribution in [2.75, 3.05) is 32.0 Å². The van der Waals surface area contributed by atoms with Gasteiger partial charge in [0.15, 0.2) is 5.96 Å². The first-order valence-corrected chi connectivity index (χ1v) is 9.48. The van der Waals surface area contributed by atoms with Crippen LogP contribution in [-0.4, -0.2) is 43.4 Å². The molecule has 5 nitrogen and oxygen atoms in total. The highest BCUT2D eigenvalue weighted by Crippen LogP contribution is 2.35. The average Bonchev–Trinajstić information content (AvgIpc) is 3.03. The number of fused-ring (bicyclic) bond motifs is 1. The Balaban J connectivity index is 0.00000243. The topological polar surface area (TPSA) is 56.7 Å². The molecule has 6 heteroatoms. The number of carbonyl (C=O) groups is 1. The van der Waals surface area contributed by atoms with Crippen LogP contribution in [0.3, 0.4) is 0 Å². The Kier molecular flexibility index (Phi) is 8.18. The lowest BCUT2D eigenvalue weighted by Crippen LogP contribution is -2.41. The van der Waals surface area contributed by atoms with Crippen molar-refractivity contribution in [3.63, 3.8) is 0 Å². The highest BCUT2D eigenvalue weighted by Gasteiger charge is 2.35. The normalized spacial score (nSPS) is 22.4. The minimum Gasteiger partial charge on any atom is -0.356 e. The Morgan fingerprint density at radius 2 is 1.77 bits per heavy atom. The minimum atomic E-state index is -0.0376. The van der Waals surface area contributed by atoms with Gasteiger partial charge < -0.3 is 15.5 Å². The summed E-state index contributed by atoms with van der Waals surface area (Å²) in [4.78, 5) is 18.0. The number of anilines is 1. The van der Waals surface area contributed by atoms with Crippen LogP contribution < -0.4 is 10.6 Å². The predicted molar refractivity (Wildman–Crippen MR) is 118 cm³/mol. The van der Waals surface area contributed by atoms with Crippen LogP contribution in [0.25, 0.3) is 0 Å². The van der Waals surface area contributed by atoms with Gasteiger partial charge in [0.2, 0.25) is 5.91 Å².